The van der Waals surface area contributed by atoms with Crippen molar-refractivity contribution in [3.05, 3.63) is 90.0 Å². The average molecular weight is 401 g/mol. The first-order valence-corrected chi connectivity index (χ1v) is 10.5. The summed E-state index contributed by atoms with van der Waals surface area (Å²) in [5.74, 6) is 0.446. The molecule has 0 radical (unpaired) electrons. The minimum Gasteiger partial charge on any atom is -0.383 e. The van der Waals surface area contributed by atoms with Gasteiger partial charge in [-0.3, -0.25) is 4.79 Å². The monoisotopic (exact) mass is 400 g/mol. The van der Waals surface area contributed by atoms with Crippen molar-refractivity contribution in [2.24, 2.45) is 0 Å². The first-order valence-electron chi connectivity index (χ1n) is 10.5. The Morgan fingerprint density at radius 2 is 1.63 bits per heavy atom. The molecule has 3 aromatic carbocycles. The van der Waals surface area contributed by atoms with E-state index in [-0.39, 0.29) is 5.91 Å². The molecular formula is C26H28N2O2. The third-order valence-corrected chi connectivity index (χ3v) is 5.56. The lowest BCUT2D eigenvalue weighted by atomic mass is 10.0. The number of hydrogen-bond donors (Lipinski definition) is 2. The van der Waals surface area contributed by atoms with Crippen LogP contribution in [0.1, 0.15) is 35.2 Å². The van der Waals surface area contributed by atoms with Crippen LogP contribution in [-0.2, 0) is 4.74 Å². The van der Waals surface area contributed by atoms with E-state index in [1.165, 1.54) is 5.56 Å². The van der Waals surface area contributed by atoms with E-state index in [2.05, 4.69) is 41.8 Å². The number of ether oxygens (including phenoxy) is 1. The average Bonchev–Trinajstić information content (AvgIpc) is 3.54. The minimum atomic E-state index is -0.0956. The Morgan fingerprint density at radius 3 is 2.30 bits per heavy atom. The van der Waals surface area contributed by atoms with Gasteiger partial charge in [-0.25, -0.2) is 0 Å². The van der Waals surface area contributed by atoms with Crippen LogP contribution in [0.4, 0.5) is 5.69 Å². The van der Waals surface area contributed by atoms with Crippen LogP contribution in [0.5, 0.6) is 0 Å². The lowest BCUT2D eigenvalue weighted by molar-refractivity contribution is 0.102. The van der Waals surface area contributed by atoms with Crippen LogP contribution in [0.2, 0.25) is 0 Å². The van der Waals surface area contributed by atoms with Gasteiger partial charge in [0.2, 0.25) is 0 Å². The lowest BCUT2D eigenvalue weighted by Crippen LogP contribution is -2.32. The van der Waals surface area contributed by atoms with Crippen molar-refractivity contribution < 1.29 is 9.53 Å². The van der Waals surface area contributed by atoms with Gasteiger partial charge in [0.25, 0.3) is 5.91 Å². The Bertz CT molecular complexity index is 968. The van der Waals surface area contributed by atoms with E-state index >= 15 is 0 Å². The molecule has 0 aliphatic heterocycles. The zero-order valence-electron chi connectivity index (χ0n) is 17.5. The third kappa shape index (κ3) is 4.96. The van der Waals surface area contributed by atoms with E-state index in [4.69, 9.17) is 4.74 Å². The van der Waals surface area contributed by atoms with Crippen molar-refractivity contribution in [3.8, 4) is 11.1 Å². The SMILES string of the molecule is COCC(C)NC1CC1c1ccc(NC(=O)c2ccc(-c3ccccc3)cc2)cc1. The molecule has 0 aromatic heterocycles. The van der Waals surface area contributed by atoms with Crippen LogP contribution >= 0.6 is 0 Å². The molecule has 0 saturated heterocycles. The van der Waals surface area contributed by atoms with Gasteiger partial charge in [0.05, 0.1) is 6.61 Å². The molecule has 1 aliphatic rings. The second-order valence-electron chi connectivity index (χ2n) is 7.99. The van der Waals surface area contributed by atoms with Crippen LogP contribution < -0.4 is 10.6 Å². The summed E-state index contributed by atoms with van der Waals surface area (Å²) in [4.78, 5) is 12.6. The minimum absolute atomic E-state index is 0.0956. The highest BCUT2D eigenvalue weighted by Gasteiger charge is 2.38. The molecule has 3 aromatic rings. The number of methoxy groups -OCH3 is 1. The molecule has 4 nitrogen and oxygen atoms in total. The molecule has 4 heteroatoms. The summed E-state index contributed by atoms with van der Waals surface area (Å²) in [5, 5.41) is 6.59. The number of benzene rings is 3. The Balaban J connectivity index is 1.33. The smallest absolute Gasteiger partial charge is 0.255 e. The van der Waals surface area contributed by atoms with Gasteiger partial charge in [0.15, 0.2) is 0 Å². The molecular weight excluding hydrogens is 372 g/mol. The maximum atomic E-state index is 12.6. The number of hydrogen-bond acceptors (Lipinski definition) is 3. The van der Waals surface area contributed by atoms with Crippen LogP contribution in [-0.4, -0.2) is 31.7 Å². The molecule has 1 saturated carbocycles. The van der Waals surface area contributed by atoms with Gasteiger partial charge in [-0.1, -0.05) is 54.6 Å². The predicted molar refractivity (Wildman–Crippen MR) is 122 cm³/mol. The summed E-state index contributed by atoms with van der Waals surface area (Å²) in [7, 11) is 1.73. The fraction of sp³-hybridized carbons (Fsp3) is 0.269. The molecule has 2 N–H and O–H groups in total. The quantitative estimate of drug-likeness (QED) is 0.554. The number of carbonyl (C=O) groups is 1. The molecule has 4 rings (SSSR count). The second-order valence-corrected chi connectivity index (χ2v) is 7.99. The van der Waals surface area contributed by atoms with Gasteiger partial charge in [-0.2, -0.15) is 0 Å². The molecule has 30 heavy (non-hydrogen) atoms. The predicted octanol–water partition coefficient (Wildman–Crippen LogP) is 5.09. The molecule has 0 bridgehead atoms. The second kappa shape index (κ2) is 9.24. The van der Waals surface area contributed by atoms with Crippen LogP contribution in [0.3, 0.4) is 0 Å². The van der Waals surface area contributed by atoms with Crippen molar-refractivity contribution in [2.75, 3.05) is 19.0 Å². The standard InChI is InChI=1S/C26H28N2O2/c1-18(17-30-2)27-25-16-24(25)21-12-14-23(15-13-21)28-26(29)22-10-8-20(9-11-22)19-6-4-3-5-7-19/h3-15,18,24-25,27H,16-17H2,1-2H3,(H,28,29). The molecule has 1 amide bonds. The van der Waals surface area contributed by atoms with E-state index in [1.54, 1.807) is 7.11 Å². The van der Waals surface area contributed by atoms with Gasteiger partial charge < -0.3 is 15.4 Å². The topological polar surface area (TPSA) is 50.4 Å². The number of amides is 1. The van der Waals surface area contributed by atoms with E-state index in [9.17, 15) is 4.79 Å². The summed E-state index contributed by atoms with van der Waals surface area (Å²) in [6.07, 6.45) is 1.15. The number of nitrogens with one attached hydrogen (secondary N) is 2. The molecule has 0 heterocycles. The van der Waals surface area contributed by atoms with Gasteiger partial charge in [0.1, 0.15) is 0 Å². The summed E-state index contributed by atoms with van der Waals surface area (Å²) in [6.45, 7) is 2.87. The van der Waals surface area contributed by atoms with Crippen molar-refractivity contribution in [3.63, 3.8) is 0 Å². The largest absolute Gasteiger partial charge is 0.383 e. The number of carbonyl (C=O) groups excluding carboxylic acids is 1. The maximum absolute atomic E-state index is 12.6. The van der Waals surface area contributed by atoms with Crippen LogP contribution in [0.25, 0.3) is 11.1 Å². The first-order chi connectivity index (χ1) is 14.6. The van der Waals surface area contributed by atoms with E-state index in [1.807, 2.05) is 54.6 Å². The van der Waals surface area contributed by atoms with Gasteiger partial charge >= 0.3 is 0 Å². The number of rotatable bonds is 8. The summed E-state index contributed by atoms with van der Waals surface area (Å²) in [6, 6.07) is 26.9. The van der Waals surface area contributed by atoms with Gasteiger partial charge in [-0.15, -0.1) is 0 Å². The summed E-state index contributed by atoms with van der Waals surface area (Å²) < 4.78 is 5.19. The van der Waals surface area contributed by atoms with Gasteiger partial charge in [-0.05, 0) is 54.3 Å². The summed E-state index contributed by atoms with van der Waals surface area (Å²) in [5.41, 5.74) is 5.02. The van der Waals surface area contributed by atoms with Crippen molar-refractivity contribution in [1.29, 1.82) is 0 Å². The van der Waals surface area contributed by atoms with Gasteiger partial charge in [0, 0.05) is 36.4 Å². The normalized spacial score (nSPS) is 18.6. The van der Waals surface area contributed by atoms with E-state index < -0.39 is 0 Å². The molecule has 0 spiro atoms. The van der Waals surface area contributed by atoms with Crippen LogP contribution in [0, 0.1) is 0 Å². The zero-order chi connectivity index (χ0) is 20.9. The molecule has 1 aliphatic carbocycles. The molecule has 154 valence electrons. The highest BCUT2D eigenvalue weighted by Crippen LogP contribution is 2.41. The Hall–Kier alpha value is -2.95. The first kappa shape index (κ1) is 20.3. The van der Waals surface area contributed by atoms with Crippen LogP contribution in [0.15, 0.2) is 78.9 Å². The van der Waals surface area contributed by atoms with Crippen molar-refractivity contribution in [2.45, 2.75) is 31.3 Å². The highest BCUT2D eigenvalue weighted by atomic mass is 16.5. The summed E-state index contributed by atoms with van der Waals surface area (Å²) >= 11 is 0. The van der Waals surface area contributed by atoms with E-state index in [0.29, 0.717) is 23.6 Å². The lowest BCUT2D eigenvalue weighted by Gasteiger charge is -2.12. The number of anilines is 1. The van der Waals surface area contributed by atoms with Crippen molar-refractivity contribution >= 4 is 11.6 Å². The Kier molecular flexibility index (Phi) is 6.26. The maximum Gasteiger partial charge on any atom is 0.255 e. The molecule has 1 fully saturated rings. The Morgan fingerprint density at radius 1 is 0.967 bits per heavy atom. The van der Waals surface area contributed by atoms with Crippen molar-refractivity contribution in [1.82, 2.24) is 5.32 Å². The molecule has 3 atom stereocenters. The molecule has 3 unspecified atom stereocenters. The Labute approximate surface area is 178 Å². The highest BCUT2D eigenvalue weighted by molar-refractivity contribution is 6.04. The fourth-order valence-electron chi connectivity index (χ4n) is 3.87. The fourth-order valence-corrected chi connectivity index (χ4v) is 3.87. The third-order valence-electron chi connectivity index (χ3n) is 5.56. The zero-order valence-corrected chi connectivity index (χ0v) is 17.5. The van der Waals surface area contributed by atoms with E-state index in [0.717, 1.165) is 29.8 Å².